The van der Waals surface area contributed by atoms with Crippen LogP contribution < -0.4 is 10.1 Å². The SMILES string of the molecule is C=CCNC(=O)/C=C(\C)c1cc2c3c(oc2c(C)c1OCC)CCCC3. The zero-order valence-electron chi connectivity index (χ0n) is 15.9. The molecule has 3 rings (SSSR count). The van der Waals surface area contributed by atoms with Crippen molar-refractivity contribution in [2.45, 2.75) is 46.5 Å². The molecule has 138 valence electrons. The van der Waals surface area contributed by atoms with Crippen LogP contribution in [0.3, 0.4) is 0 Å². The zero-order chi connectivity index (χ0) is 18.7. The highest BCUT2D eigenvalue weighted by Gasteiger charge is 2.23. The average Bonchev–Trinajstić information content (AvgIpc) is 3.01. The summed E-state index contributed by atoms with van der Waals surface area (Å²) in [4.78, 5) is 12.1. The number of hydrogen-bond donors (Lipinski definition) is 1. The van der Waals surface area contributed by atoms with Gasteiger partial charge in [0.1, 0.15) is 17.1 Å². The first-order chi connectivity index (χ1) is 12.6. The van der Waals surface area contributed by atoms with E-state index in [1.807, 2.05) is 20.8 Å². The van der Waals surface area contributed by atoms with Gasteiger partial charge in [-0.2, -0.15) is 0 Å². The van der Waals surface area contributed by atoms with Crippen LogP contribution in [0.2, 0.25) is 0 Å². The minimum atomic E-state index is -0.128. The average molecular weight is 353 g/mol. The summed E-state index contributed by atoms with van der Waals surface area (Å²) in [6, 6.07) is 2.13. The largest absolute Gasteiger partial charge is 0.493 e. The second-order valence-corrected chi connectivity index (χ2v) is 6.76. The second-order valence-electron chi connectivity index (χ2n) is 6.76. The Bertz CT molecular complexity index is 873. The monoisotopic (exact) mass is 353 g/mol. The highest BCUT2D eigenvalue weighted by Crippen LogP contribution is 2.41. The number of benzene rings is 1. The highest BCUT2D eigenvalue weighted by atomic mass is 16.5. The van der Waals surface area contributed by atoms with Gasteiger partial charge in [-0.25, -0.2) is 0 Å². The van der Waals surface area contributed by atoms with Crippen LogP contribution in [0.5, 0.6) is 5.75 Å². The number of rotatable bonds is 6. The number of amides is 1. The summed E-state index contributed by atoms with van der Waals surface area (Å²) >= 11 is 0. The molecule has 1 aliphatic rings. The van der Waals surface area contributed by atoms with E-state index < -0.39 is 0 Å². The van der Waals surface area contributed by atoms with Crippen molar-refractivity contribution in [3.8, 4) is 5.75 Å². The molecule has 0 aliphatic heterocycles. The van der Waals surface area contributed by atoms with Gasteiger partial charge in [0.05, 0.1) is 6.61 Å². The van der Waals surface area contributed by atoms with Crippen LogP contribution in [0.1, 0.15) is 49.1 Å². The summed E-state index contributed by atoms with van der Waals surface area (Å²) < 4.78 is 12.1. The molecule has 2 aromatic rings. The summed E-state index contributed by atoms with van der Waals surface area (Å²) in [5.41, 5.74) is 5.09. The first-order valence-corrected chi connectivity index (χ1v) is 9.34. The van der Waals surface area contributed by atoms with Crippen LogP contribution >= 0.6 is 0 Å². The number of carbonyl (C=O) groups excluding carboxylic acids is 1. The van der Waals surface area contributed by atoms with Gasteiger partial charge in [0.2, 0.25) is 5.91 Å². The molecule has 26 heavy (non-hydrogen) atoms. The molecule has 0 radical (unpaired) electrons. The second kappa shape index (κ2) is 7.81. The van der Waals surface area contributed by atoms with E-state index in [0.29, 0.717) is 13.2 Å². The van der Waals surface area contributed by atoms with Crippen molar-refractivity contribution in [1.82, 2.24) is 5.32 Å². The molecule has 0 unspecified atom stereocenters. The molecule has 1 aromatic heterocycles. The summed E-state index contributed by atoms with van der Waals surface area (Å²) in [6.45, 7) is 10.6. The fourth-order valence-electron chi connectivity index (χ4n) is 3.66. The number of nitrogens with one attached hydrogen (secondary N) is 1. The zero-order valence-corrected chi connectivity index (χ0v) is 15.9. The van der Waals surface area contributed by atoms with E-state index in [4.69, 9.17) is 9.15 Å². The summed E-state index contributed by atoms with van der Waals surface area (Å²) in [5.74, 6) is 1.78. The molecule has 1 N–H and O–H groups in total. The Balaban J connectivity index is 2.13. The molecule has 4 heteroatoms. The van der Waals surface area contributed by atoms with E-state index in [1.165, 1.54) is 18.4 Å². The van der Waals surface area contributed by atoms with E-state index in [9.17, 15) is 4.79 Å². The van der Waals surface area contributed by atoms with E-state index in [2.05, 4.69) is 18.0 Å². The maximum absolute atomic E-state index is 12.1. The Morgan fingerprint density at radius 1 is 1.38 bits per heavy atom. The topological polar surface area (TPSA) is 51.5 Å². The van der Waals surface area contributed by atoms with Gasteiger partial charge in [-0.3, -0.25) is 4.79 Å². The number of hydrogen-bond acceptors (Lipinski definition) is 3. The Morgan fingerprint density at radius 3 is 2.88 bits per heavy atom. The number of furan rings is 1. The highest BCUT2D eigenvalue weighted by molar-refractivity contribution is 5.98. The van der Waals surface area contributed by atoms with Gasteiger partial charge in [0.15, 0.2) is 0 Å². The standard InChI is InChI=1S/C22H27NO3/c1-5-11-23-20(24)12-14(3)17-13-18-16-9-7-8-10-19(16)26-22(18)15(4)21(17)25-6-2/h5,12-13H,1,6-11H2,2-4H3,(H,23,24)/b14-12+. The third kappa shape index (κ3) is 3.41. The van der Waals surface area contributed by atoms with E-state index in [-0.39, 0.29) is 5.91 Å². The molecular weight excluding hydrogens is 326 g/mol. The maximum atomic E-state index is 12.1. The molecule has 0 bridgehead atoms. The van der Waals surface area contributed by atoms with Crippen molar-refractivity contribution in [2.75, 3.05) is 13.2 Å². The summed E-state index contributed by atoms with van der Waals surface area (Å²) in [7, 11) is 0. The molecule has 0 spiro atoms. The Morgan fingerprint density at radius 2 is 2.15 bits per heavy atom. The van der Waals surface area contributed by atoms with E-state index >= 15 is 0 Å². The molecule has 0 saturated heterocycles. The van der Waals surface area contributed by atoms with E-state index in [1.54, 1.807) is 12.2 Å². The van der Waals surface area contributed by atoms with Crippen LogP contribution in [0, 0.1) is 6.92 Å². The lowest BCUT2D eigenvalue weighted by molar-refractivity contribution is -0.116. The Kier molecular flexibility index (Phi) is 5.50. The molecule has 1 aliphatic carbocycles. The van der Waals surface area contributed by atoms with Crippen molar-refractivity contribution < 1.29 is 13.9 Å². The Hall–Kier alpha value is -2.49. The fraction of sp³-hybridized carbons (Fsp3) is 0.409. The lowest BCUT2D eigenvalue weighted by atomic mass is 9.93. The van der Waals surface area contributed by atoms with E-state index in [0.717, 1.165) is 52.0 Å². The molecule has 1 aromatic carbocycles. The van der Waals surface area contributed by atoms with Gasteiger partial charge in [-0.05, 0) is 51.7 Å². The predicted molar refractivity (Wildman–Crippen MR) is 106 cm³/mol. The summed E-state index contributed by atoms with van der Waals surface area (Å²) in [5, 5.41) is 3.95. The number of fused-ring (bicyclic) bond motifs is 3. The summed E-state index contributed by atoms with van der Waals surface area (Å²) in [6.07, 6.45) is 7.72. The van der Waals surface area contributed by atoms with Gasteiger partial charge < -0.3 is 14.5 Å². The molecule has 0 atom stereocenters. The van der Waals surface area contributed by atoms with Crippen LogP contribution in [0.25, 0.3) is 16.5 Å². The van der Waals surface area contributed by atoms with Crippen LogP contribution in [0.15, 0.2) is 29.2 Å². The number of ether oxygens (including phenoxy) is 1. The van der Waals surface area contributed by atoms with Crippen LogP contribution in [-0.4, -0.2) is 19.1 Å². The predicted octanol–water partition coefficient (Wildman–Crippen LogP) is 4.72. The molecule has 4 nitrogen and oxygen atoms in total. The minimum Gasteiger partial charge on any atom is -0.493 e. The van der Waals surface area contributed by atoms with Gasteiger partial charge in [0.25, 0.3) is 0 Å². The van der Waals surface area contributed by atoms with Gasteiger partial charge in [0, 0.05) is 41.1 Å². The normalized spacial score (nSPS) is 14.2. The van der Waals surface area contributed by atoms with Crippen molar-refractivity contribution in [2.24, 2.45) is 0 Å². The third-order valence-electron chi connectivity index (χ3n) is 4.91. The van der Waals surface area contributed by atoms with Crippen molar-refractivity contribution in [3.63, 3.8) is 0 Å². The first kappa shape index (κ1) is 18.3. The molecule has 0 saturated carbocycles. The third-order valence-corrected chi connectivity index (χ3v) is 4.91. The number of carbonyl (C=O) groups is 1. The van der Waals surface area contributed by atoms with Gasteiger partial charge >= 0.3 is 0 Å². The Labute approximate surface area is 154 Å². The lowest BCUT2D eigenvalue weighted by Crippen LogP contribution is -2.20. The number of allylic oxidation sites excluding steroid dienone is 1. The quantitative estimate of drug-likeness (QED) is 0.604. The lowest BCUT2D eigenvalue weighted by Gasteiger charge is -2.15. The van der Waals surface area contributed by atoms with Crippen molar-refractivity contribution >= 4 is 22.4 Å². The first-order valence-electron chi connectivity index (χ1n) is 9.34. The molecular formula is C22H27NO3. The van der Waals surface area contributed by atoms with Crippen molar-refractivity contribution in [3.05, 3.63) is 47.2 Å². The maximum Gasteiger partial charge on any atom is 0.244 e. The molecule has 1 amide bonds. The van der Waals surface area contributed by atoms with Crippen LogP contribution in [0.4, 0.5) is 0 Å². The minimum absolute atomic E-state index is 0.128. The van der Waals surface area contributed by atoms with Gasteiger partial charge in [-0.1, -0.05) is 6.08 Å². The fourth-order valence-corrected chi connectivity index (χ4v) is 3.66. The smallest absolute Gasteiger partial charge is 0.244 e. The number of aryl methyl sites for hydroxylation is 3. The molecule has 1 heterocycles. The molecule has 0 fully saturated rings. The van der Waals surface area contributed by atoms with Gasteiger partial charge in [-0.15, -0.1) is 6.58 Å². The van der Waals surface area contributed by atoms with Crippen molar-refractivity contribution in [1.29, 1.82) is 0 Å². The van der Waals surface area contributed by atoms with Crippen LogP contribution in [-0.2, 0) is 17.6 Å².